The largest absolute Gasteiger partial charge is 0.348 e. The molecule has 0 radical (unpaired) electrons. The molecule has 0 aromatic carbocycles. The van der Waals surface area contributed by atoms with Crippen molar-refractivity contribution >= 4 is 11.8 Å². The predicted octanol–water partition coefficient (Wildman–Crippen LogP) is 0.688. The van der Waals surface area contributed by atoms with Gasteiger partial charge in [0, 0.05) is 25.3 Å². The second-order valence-corrected chi connectivity index (χ2v) is 6.50. The van der Waals surface area contributed by atoms with Crippen molar-refractivity contribution in [3.63, 3.8) is 0 Å². The summed E-state index contributed by atoms with van der Waals surface area (Å²) >= 11 is 0. The number of aromatic nitrogens is 1. The summed E-state index contributed by atoms with van der Waals surface area (Å²) in [5.74, 6) is -0.527. The number of carbonyl (C=O) groups is 2. The lowest BCUT2D eigenvalue weighted by Crippen LogP contribution is -2.44. The van der Waals surface area contributed by atoms with Crippen molar-refractivity contribution in [3.05, 3.63) is 30.1 Å². The highest BCUT2D eigenvalue weighted by Crippen LogP contribution is 2.19. The Morgan fingerprint density at radius 2 is 1.91 bits per heavy atom. The number of amides is 2. The van der Waals surface area contributed by atoms with E-state index < -0.39 is 11.8 Å². The van der Waals surface area contributed by atoms with Gasteiger partial charge in [0.25, 0.3) is 0 Å². The van der Waals surface area contributed by atoms with Gasteiger partial charge in [-0.25, -0.2) is 0 Å². The minimum absolute atomic E-state index is 0.225. The third-order valence-corrected chi connectivity index (χ3v) is 4.49. The molecule has 1 saturated carbocycles. The van der Waals surface area contributed by atoms with E-state index in [1.165, 1.54) is 0 Å². The number of pyridine rings is 1. The molecule has 0 atom stereocenters. The number of rotatable bonds is 5. The number of hydrogen-bond donors (Lipinski definition) is 2. The zero-order valence-corrected chi connectivity index (χ0v) is 13.3. The van der Waals surface area contributed by atoms with Crippen LogP contribution in [0.5, 0.6) is 0 Å². The minimum atomic E-state index is -0.493. The lowest BCUT2D eigenvalue weighted by molar-refractivity contribution is -0.139. The average Bonchev–Trinajstić information content (AvgIpc) is 3.39. The van der Waals surface area contributed by atoms with Crippen molar-refractivity contribution in [2.75, 3.05) is 19.6 Å². The van der Waals surface area contributed by atoms with Crippen LogP contribution in [0.2, 0.25) is 0 Å². The van der Waals surface area contributed by atoms with Gasteiger partial charge in [-0.2, -0.15) is 0 Å². The molecule has 1 aliphatic heterocycles. The molecule has 124 valence electrons. The van der Waals surface area contributed by atoms with Gasteiger partial charge >= 0.3 is 11.8 Å². The first-order chi connectivity index (χ1) is 11.2. The molecule has 2 aliphatic rings. The van der Waals surface area contributed by atoms with Gasteiger partial charge in [-0.3, -0.25) is 19.5 Å². The van der Waals surface area contributed by atoms with Crippen LogP contribution in [0.4, 0.5) is 0 Å². The fourth-order valence-corrected chi connectivity index (χ4v) is 2.87. The Bertz CT molecular complexity index is 537. The van der Waals surface area contributed by atoms with Crippen LogP contribution < -0.4 is 10.6 Å². The third-order valence-electron chi connectivity index (χ3n) is 4.49. The monoisotopic (exact) mass is 316 g/mol. The molecule has 3 rings (SSSR count). The van der Waals surface area contributed by atoms with Crippen molar-refractivity contribution in [1.29, 1.82) is 0 Å². The summed E-state index contributed by atoms with van der Waals surface area (Å²) in [5.41, 5.74) is 1.09. The molecule has 1 aliphatic carbocycles. The molecule has 0 bridgehead atoms. The summed E-state index contributed by atoms with van der Waals surface area (Å²) in [4.78, 5) is 30.0. The molecule has 1 aromatic heterocycles. The Morgan fingerprint density at radius 1 is 1.13 bits per heavy atom. The first kappa shape index (κ1) is 15.9. The number of likely N-dealkylation sites (tertiary alicyclic amines) is 1. The summed E-state index contributed by atoms with van der Waals surface area (Å²) in [6.07, 6.45) is 5.89. The Labute approximate surface area is 136 Å². The topological polar surface area (TPSA) is 74.3 Å². The highest BCUT2D eigenvalue weighted by Gasteiger charge is 2.27. The third kappa shape index (κ3) is 5.03. The summed E-state index contributed by atoms with van der Waals surface area (Å²) in [6.45, 7) is 3.48. The quantitative estimate of drug-likeness (QED) is 0.784. The molecule has 0 spiro atoms. The van der Waals surface area contributed by atoms with Gasteiger partial charge in [-0.05, 0) is 56.8 Å². The van der Waals surface area contributed by atoms with Gasteiger partial charge < -0.3 is 10.6 Å². The first-order valence-electron chi connectivity index (χ1n) is 8.41. The number of nitrogens with zero attached hydrogens (tertiary/aromatic N) is 2. The first-order valence-corrected chi connectivity index (χ1v) is 8.41. The Balaban J connectivity index is 1.34. The van der Waals surface area contributed by atoms with Crippen molar-refractivity contribution in [2.45, 2.75) is 38.3 Å². The second kappa shape index (κ2) is 7.55. The summed E-state index contributed by atoms with van der Waals surface area (Å²) < 4.78 is 0. The van der Waals surface area contributed by atoms with Crippen molar-refractivity contribution in [3.8, 4) is 0 Å². The van der Waals surface area contributed by atoms with Crippen LogP contribution in [-0.2, 0) is 16.1 Å². The van der Waals surface area contributed by atoms with E-state index in [4.69, 9.17) is 0 Å². The molecule has 1 aromatic rings. The fraction of sp³-hybridized carbons (Fsp3) is 0.588. The van der Waals surface area contributed by atoms with E-state index in [0.717, 1.165) is 51.0 Å². The van der Waals surface area contributed by atoms with Crippen molar-refractivity contribution < 1.29 is 9.59 Å². The van der Waals surface area contributed by atoms with E-state index in [0.29, 0.717) is 12.5 Å². The lowest BCUT2D eigenvalue weighted by Gasteiger charge is -2.31. The number of carbonyl (C=O) groups excluding carboxylic acids is 2. The Hall–Kier alpha value is -1.95. The van der Waals surface area contributed by atoms with Crippen LogP contribution in [0.15, 0.2) is 24.4 Å². The van der Waals surface area contributed by atoms with Crippen LogP contribution in [-0.4, -0.2) is 47.4 Å². The van der Waals surface area contributed by atoms with E-state index >= 15 is 0 Å². The normalized spacial score (nSPS) is 19.3. The standard InChI is InChI=1S/C17H24N4O2/c22-16(17(23)20-14-4-5-14)19-11-13-6-9-21(10-7-13)12-15-3-1-2-8-18-15/h1-3,8,13-14H,4-7,9-12H2,(H,19,22)(H,20,23). The van der Waals surface area contributed by atoms with E-state index in [1.54, 1.807) is 0 Å². The van der Waals surface area contributed by atoms with E-state index in [-0.39, 0.29) is 6.04 Å². The molecule has 0 unspecified atom stereocenters. The highest BCUT2D eigenvalue weighted by atomic mass is 16.2. The van der Waals surface area contributed by atoms with Crippen LogP contribution in [0.25, 0.3) is 0 Å². The van der Waals surface area contributed by atoms with Crippen LogP contribution >= 0.6 is 0 Å². The molecule has 1 saturated heterocycles. The van der Waals surface area contributed by atoms with Crippen molar-refractivity contribution in [2.24, 2.45) is 5.92 Å². The molecule has 23 heavy (non-hydrogen) atoms. The van der Waals surface area contributed by atoms with E-state index in [1.807, 2.05) is 24.4 Å². The zero-order valence-electron chi connectivity index (χ0n) is 13.3. The molecule has 6 nitrogen and oxygen atoms in total. The summed E-state index contributed by atoms with van der Waals surface area (Å²) in [7, 11) is 0. The maximum atomic E-state index is 11.7. The number of nitrogens with one attached hydrogen (secondary N) is 2. The Morgan fingerprint density at radius 3 is 2.57 bits per heavy atom. The summed E-state index contributed by atoms with van der Waals surface area (Å²) in [6, 6.07) is 6.21. The molecule has 6 heteroatoms. The van der Waals surface area contributed by atoms with Gasteiger partial charge in [-0.15, -0.1) is 0 Å². The number of piperidine rings is 1. The SMILES string of the molecule is O=C(NCC1CCN(Cc2ccccn2)CC1)C(=O)NC1CC1. The molecule has 2 N–H and O–H groups in total. The molecule has 2 fully saturated rings. The molecule has 2 heterocycles. The van der Waals surface area contributed by atoms with Gasteiger partial charge in [0.15, 0.2) is 0 Å². The van der Waals surface area contributed by atoms with Gasteiger partial charge in [0.05, 0.1) is 5.69 Å². The molecular weight excluding hydrogens is 292 g/mol. The maximum Gasteiger partial charge on any atom is 0.309 e. The van der Waals surface area contributed by atoms with E-state index in [9.17, 15) is 9.59 Å². The van der Waals surface area contributed by atoms with Gasteiger partial charge in [0.1, 0.15) is 0 Å². The zero-order chi connectivity index (χ0) is 16.1. The second-order valence-electron chi connectivity index (χ2n) is 6.50. The smallest absolute Gasteiger partial charge is 0.309 e. The van der Waals surface area contributed by atoms with Crippen LogP contribution in [0.3, 0.4) is 0 Å². The van der Waals surface area contributed by atoms with E-state index in [2.05, 4.69) is 20.5 Å². The number of hydrogen-bond acceptors (Lipinski definition) is 4. The van der Waals surface area contributed by atoms with Crippen molar-refractivity contribution in [1.82, 2.24) is 20.5 Å². The average molecular weight is 316 g/mol. The maximum absolute atomic E-state index is 11.7. The Kier molecular flexibility index (Phi) is 5.23. The van der Waals surface area contributed by atoms with Crippen LogP contribution in [0.1, 0.15) is 31.4 Å². The molecule has 2 amide bonds. The lowest BCUT2D eigenvalue weighted by atomic mass is 9.96. The fourth-order valence-electron chi connectivity index (χ4n) is 2.87. The predicted molar refractivity (Wildman–Crippen MR) is 86.4 cm³/mol. The summed E-state index contributed by atoms with van der Waals surface area (Å²) in [5, 5.41) is 5.48. The van der Waals surface area contributed by atoms with Crippen LogP contribution in [0, 0.1) is 5.92 Å². The van der Waals surface area contributed by atoms with Gasteiger partial charge in [-0.1, -0.05) is 6.07 Å². The molecular formula is C17H24N4O2. The highest BCUT2D eigenvalue weighted by molar-refractivity contribution is 6.35. The minimum Gasteiger partial charge on any atom is -0.348 e. The van der Waals surface area contributed by atoms with Gasteiger partial charge in [0.2, 0.25) is 0 Å².